The van der Waals surface area contributed by atoms with Crippen LogP contribution in [0.4, 0.5) is 0 Å². The van der Waals surface area contributed by atoms with Gasteiger partial charge in [0.25, 0.3) is 0 Å². The Morgan fingerprint density at radius 1 is 1.28 bits per heavy atom. The van der Waals surface area contributed by atoms with E-state index in [4.69, 9.17) is 22.1 Å². The van der Waals surface area contributed by atoms with Crippen LogP contribution in [0.3, 0.4) is 0 Å². The molecule has 4 nitrogen and oxygen atoms in total. The molecule has 1 aromatic heterocycles. The summed E-state index contributed by atoms with van der Waals surface area (Å²) in [5.74, 6) is 1.39. The van der Waals surface area contributed by atoms with Crippen molar-refractivity contribution in [1.82, 2.24) is 10.3 Å². The monoisotopic (exact) mass is 413 g/mol. The van der Waals surface area contributed by atoms with Crippen molar-refractivity contribution in [2.75, 3.05) is 0 Å². The Morgan fingerprint density at radius 2 is 2.00 bits per heavy atom. The van der Waals surface area contributed by atoms with Gasteiger partial charge >= 0.3 is 0 Å². The van der Waals surface area contributed by atoms with Gasteiger partial charge in [-0.25, -0.2) is 4.98 Å². The van der Waals surface area contributed by atoms with Crippen LogP contribution in [0.15, 0.2) is 59.9 Å². The maximum Gasteiger partial charge on any atom is 0.222 e. The summed E-state index contributed by atoms with van der Waals surface area (Å²) in [5, 5.41) is 3.77. The number of hydrogen-bond donors (Lipinski definition) is 2. The number of unbranched alkanes of at least 4 members (excludes halogenated alkanes) is 2. The molecule has 1 heterocycles. The number of nitrogens with two attached hydrogens (primary N) is 1. The molecule has 0 amide bonds. The van der Waals surface area contributed by atoms with E-state index in [0.29, 0.717) is 17.5 Å². The lowest BCUT2D eigenvalue weighted by atomic mass is 10.0. The largest absolute Gasteiger partial charge is 0.439 e. The topological polar surface area (TPSA) is 60.2 Å². The average molecular weight is 414 g/mol. The highest BCUT2D eigenvalue weighted by atomic mass is 35.5. The number of hydrogen-bond acceptors (Lipinski definition) is 4. The fourth-order valence-electron chi connectivity index (χ4n) is 2.98. The minimum absolute atomic E-state index is 0.107. The van der Waals surface area contributed by atoms with Gasteiger partial charge in [0.15, 0.2) is 0 Å². The molecule has 1 unspecified atom stereocenters. The summed E-state index contributed by atoms with van der Waals surface area (Å²) in [4.78, 5) is 4.46. The maximum absolute atomic E-state index is 6.28. The normalized spacial score (nSPS) is 12.5. The second-order valence-corrected chi connectivity index (χ2v) is 7.82. The smallest absolute Gasteiger partial charge is 0.222 e. The molecule has 2 aromatic rings. The number of ether oxygens (including phenoxy) is 1. The van der Waals surface area contributed by atoms with E-state index >= 15 is 0 Å². The molecular weight excluding hydrogens is 382 g/mol. The minimum Gasteiger partial charge on any atom is -0.439 e. The Labute approximate surface area is 179 Å². The summed E-state index contributed by atoms with van der Waals surface area (Å²) in [7, 11) is 0. The van der Waals surface area contributed by atoms with E-state index in [1.54, 1.807) is 0 Å². The Morgan fingerprint density at radius 3 is 2.62 bits per heavy atom. The van der Waals surface area contributed by atoms with Gasteiger partial charge in [-0.3, -0.25) is 0 Å². The second-order valence-electron chi connectivity index (χ2n) is 7.37. The highest BCUT2D eigenvalue weighted by Gasteiger charge is 2.11. The van der Waals surface area contributed by atoms with Gasteiger partial charge in [-0.15, -0.1) is 0 Å². The van der Waals surface area contributed by atoms with Crippen molar-refractivity contribution >= 4 is 11.6 Å². The zero-order valence-electron chi connectivity index (χ0n) is 17.7. The number of benzene rings is 1. The molecule has 0 bridgehead atoms. The molecule has 0 saturated carbocycles. The van der Waals surface area contributed by atoms with Gasteiger partial charge in [0.2, 0.25) is 5.88 Å². The third-order valence-electron chi connectivity index (χ3n) is 4.72. The van der Waals surface area contributed by atoms with Crippen LogP contribution in [0.25, 0.3) is 0 Å². The maximum atomic E-state index is 6.28. The van der Waals surface area contributed by atoms with E-state index in [2.05, 4.69) is 29.9 Å². The molecule has 0 aliphatic heterocycles. The van der Waals surface area contributed by atoms with Gasteiger partial charge < -0.3 is 15.8 Å². The molecule has 0 aliphatic rings. The Hall–Kier alpha value is -2.30. The highest BCUT2D eigenvalue weighted by molar-refractivity contribution is 6.31. The lowest BCUT2D eigenvalue weighted by molar-refractivity contribution is 0.458. The zero-order chi connectivity index (χ0) is 21.2. The van der Waals surface area contributed by atoms with Gasteiger partial charge in [0.1, 0.15) is 5.75 Å². The van der Waals surface area contributed by atoms with Crippen molar-refractivity contribution in [1.29, 1.82) is 0 Å². The first-order chi connectivity index (χ1) is 13.9. The summed E-state index contributed by atoms with van der Waals surface area (Å²) in [6, 6.07) is 9.88. The van der Waals surface area contributed by atoms with Crippen LogP contribution in [0, 0.1) is 13.8 Å². The molecule has 0 saturated heterocycles. The molecule has 29 heavy (non-hydrogen) atoms. The summed E-state index contributed by atoms with van der Waals surface area (Å²) < 4.78 is 5.88. The molecule has 0 fully saturated rings. The molecule has 156 valence electrons. The summed E-state index contributed by atoms with van der Waals surface area (Å²) in [5.41, 5.74) is 10.4. The minimum atomic E-state index is -0.107. The number of nitrogens with one attached hydrogen (secondary N) is 1. The van der Waals surface area contributed by atoms with Gasteiger partial charge in [0, 0.05) is 41.2 Å². The van der Waals surface area contributed by atoms with E-state index in [9.17, 15) is 0 Å². The fourth-order valence-corrected chi connectivity index (χ4v) is 3.17. The van der Waals surface area contributed by atoms with Crippen molar-refractivity contribution in [3.05, 3.63) is 76.6 Å². The molecular formula is C24H32ClN3O. The molecule has 0 spiro atoms. The van der Waals surface area contributed by atoms with Crippen LogP contribution < -0.4 is 15.8 Å². The lowest BCUT2D eigenvalue weighted by Crippen LogP contribution is -2.24. The molecule has 3 N–H and O–H groups in total. The Bertz CT molecular complexity index is 831. The zero-order valence-corrected chi connectivity index (χ0v) is 18.4. The van der Waals surface area contributed by atoms with Crippen LogP contribution in [0.1, 0.15) is 49.3 Å². The SMILES string of the molecule is C=C(Cl)/C(=C/NCc1cnc(Oc2ccc(C)cc2)c(C)c1)C(N)CCCCC. The van der Waals surface area contributed by atoms with E-state index in [0.717, 1.165) is 35.3 Å². The van der Waals surface area contributed by atoms with E-state index in [1.807, 2.05) is 50.5 Å². The second kappa shape index (κ2) is 11.6. The van der Waals surface area contributed by atoms with E-state index < -0.39 is 0 Å². The lowest BCUT2D eigenvalue weighted by Gasteiger charge is -2.16. The average Bonchev–Trinajstić information content (AvgIpc) is 2.68. The van der Waals surface area contributed by atoms with Gasteiger partial charge in [-0.05, 0) is 44.0 Å². The number of rotatable bonds is 11. The fraction of sp³-hybridized carbons (Fsp3) is 0.375. The quantitative estimate of drug-likeness (QED) is 0.344. The molecule has 1 atom stereocenters. The number of halogens is 1. The van der Waals surface area contributed by atoms with Crippen molar-refractivity contribution in [3.63, 3.8) is 0 Å². The van der Waals surface area contributed by atoms with Crippen molar-refractivity contribution in [2.45, 2.75) is 59.0 Å². The van der Waals surface area contributed by atoms with Crippen LogP contribution in [-0.2, 0) is 6.54 Å². The number of pyridine rings is 1. The van der Waals surface area contributed by atoms with E-state index in [-0.39, 0.29) is 6.04 Å². The van der Waals surface area contributed by atoms with Crippen LogP contribution in [0.5, 0.6) is 11.6 Å². The highest BCUT2D eigenvalue weighted by Crippen LogP contribution is 2.24. The van der Waals surface area contributed by atoms with Gasteiger partial charge in [0.05, 0.1) is 0 Å². The first-order valence-electron chi connectivity index (χ1n) is 10.1. The van der Waals surface area contributed by atoms with Crippen molar-refractivity contribution in [3.8, 4) is 11.6 Å². The van der Waals surface area contributed by atoms with Crippen LogP contribution in [0.2, 0.25) is 0 Å². The Balaban J connectivity index is 1.97. The predicted molar refractivity (Wildman–Crippen MR) is 122 cm³/mol. The third kappa shape index (κ3) is 7.56. The third-order valence-corrected chi connectivity index (χ3v) is 4.94. The summed E-state index contributed by atoms with van der Waals surface area (Å²) in [6.45, 7) is 10.7. The van der Waals surface area contributed by atoms with E-state index in [1.165, 1.54) is 18.4 Å². The Kier molecular flexibility index (Phi) is 9.23. The summed E-state index contributed by atoms with van der Waals surface area (Å²) in [6.07, 6.45) is 8.02. The first kappa shape index (κ1) is 23.0. The molecule has 1 aromatic carbocycles. The molecule has 0 aliphatic carbocycles. The van der Waals surface area contributed by atoms with Crippen molar-refractivity contribution in [2.24, 2.45) is 5.73 Å². The molecule has 2 rings (SSSR count). The summed E-state index contributed by atoms with van der Waals surface area (Å²) >= 11 is 6.15. The molecule has 0 radical (unpaired) electrons. The van der Waals surface area contributed by atoms with Crippen LogP contribution in [-0.4, -0.2) is 11.0 Å². The van der Waals surface area contributed by atoms with Gasteiger partial charge in [-0.2, -0.15) is 0 Å². The predicted octanol–water partition coefficient (Wildman–Crippen LogP) is 6.12. The van der Waals surface area contributed by atoms with Gasteiger partial charge in [-0.1, -0.05) is 62.1 Å². The number of nitrogens with zero attached hydrogens (tertiary/aromatic N) is 1. The number of aromatic nitrogens is 1. The first-order valence-corrected chi connectivity index (χ1v) is 10.5. The number of aryl methyl sites for hydroxylation is 2. The van der Waals surface area contributed by atoms with Crippen molar-refractivity contribution < 1.29 is 4.74 Å². The molecule has 5 heteroatoms. The standard InChI is InChI=1S/C24H32ClN3O/c1-5-6-7-8-23(26)22(19(4)25)16-27-14-20-13-18(3)24(28-15-20)29-21-11-9-17(2)10-12-21/h9-13,15-16,23,27H,4-8,14,26H2,1-3H3/b22-16-. The van der Waals surface area contributed by atoms with Crippen LogP contribution >= 0.6 is 11.6 Å².